The number of hydrazine groups is 1. The Balaban J connectivity index is 0.000000162. The van der Waals surface area contributed by atoms with Crippen molar-refractivity contribution in [1.29, 1.82) is 0 Å². The van der Waals surface area contributed by atoms with Gasteiger partial charge in [0, 0.05) is 32.7 Å². The molecule has 0 fully saturated rings. The molecule has 0 unspecified atom stereocenters. The number of pyridine rings is 1. The highest BCUT2D eigenvalue weighted by molar-refractivity contribution is 5.07. The molecule has 0 atom stereocenters. The smallest absolute Gasteiger partial charge is 0.0523 e. The lowest BCUT2D eigenvalue weighted by Crippen LogP contribution is -2.32. The molecule has 2 heterocycles. The monoisotopic (exact) mass is 203 g/mol. The van der Waals surface area contributed by atoms with Crippen LogP contribution in [-0.2, 0) is 0 Å². The minimum Gasteiger partial charge on any atom is -0.310 e. The molecule has 1 aromatic rings. The van der Waals surface area contributed by atoms with E-state index in [-0.39, 0.29) is 0 Å². The fourth-order valence-electron chi connectivity index (χ4n) is 1.07. The molecule has 0 radical (unpaired) electrons. The van der Waals surface area contributed by atoms with Gasteiger partial charge in [-0.3, -0.25) is 4.98 Å². The van der Waals surface area contributed by atoms with E-state index < -0.39 is 0 Å². The predicted octanol–water partition coefficient (Wildman–Crippen LogP) is 1.93. The standard InChI is InChI=1S/C7H12N2.C5H5N/c1-8(2)9-6-4-3-5-7-9;1-2-4-6-5-3-1/h3-6H,7H2,1-2H3;1-5H. The highest BCUT2D eigenvalue weighted by atomic mass is 15.6. The summed E-state index contributed by atoms with van der Waals surface area (Å²) in [7, 11) is 4.06. The van der Waals surface area contributed by atoms with Crippen LogP contribution in [0.2, 0.25) is 0 Å². The molecule has 0 aliphatic carbocycles. The van der Waals surface area contributed by atoms with Crippen LogP contribution in [0.5, 0.6) is 0 Å². The molecule has 0 bridgehead atoms. The van der Waals surface area contributed by atoms with E-state index in [2.05, 4.69) is 33.4 Å². The summed E-state index contributed by atoms with van der Waals surface area (Å²) in [5, 5.41) is 4.18. The Hall–Kier alpha value is -1.61. The minimum atomic E-state index is 0.990. The van der Waals surface area contributed by atoms with Crippen LogP contribution >= 0.6 is 0 Å². The third kappa shape index (κ3) is 4.98. The minimum absolute atomic E-state index is 0.990. The molecule has 1 aliphatic heterocycles. The summed E-state index contributed by atoms with van der Waals surface area (Å²) < 4.78 is 0. The zero-order valence-corrected chi connectivity index (χ0v) is 9.24. The largest absolute Gasteiger partial charge is 0.310 e. The Morgan fingerprint density at radius 3 is 2.07 bits per heavy atom. The quantitative estimate of drug-likeness (QED) is 0.695. The average Bonchev–Trinajstić information content (AvgIpc) is 2.33. The van der Waals surface area contributed by atoms with Gasteiger partial charge in [-0.2, -0.15) is 0 Å². The molecule has 0 spiro atoms. The Labute approximate surface area is 91.3 Å². The van der Waals surface area contributed by atoms with Crippen LogP contribution in [0.1, 0.15) is 0 Å². The summed E-state index contributed by atoms with van der Waals surface area (Å²) in [6.07, 6.45) is 11.8. The van der Waals surface area contributed by atoms with Crippen molar-refractivity contribution in [3.05, 3.63) is 55.0 Å². The second-order valence-electron chi connectivity index (χ2n) is 3.26. The summed E-state index contributed by atoms with van der Waals surface area (Å²) in [5.41, 5.74) is 0. The fraction of sp³-hybridized carbons (Fsp3) is 0.250. The zero-order chi connectivity index (χ0) is 10.9. The lowest BCUT2D eigenvalue weighted by atomic mass is 10.4. The Morgan fingerprint density at radius 1 is 1.07 bits per heavy atom. The van der Waals surface area contributed by atoms with Crippen molar-refractivity contribution in [2.24, 2.45) is 0 Å². The van der Waals surface area contributed by atoms with Crippen molar-refractivity contribution in [3.8, 4) is 0 Å². The molecular formula is C12H17N3. The number of rotatable bonds is 1. The van der Waals surface area contributed by atoms with E-state index in [1.807, 2.05) is 38.4 Å². The third-order valence-corrected chi connectivity index (χ3v) is 1.88. The van der Waals surface area contributed by atoms with Gasteiger partial charge in [-0.15, -0.1) is 0 Å². The highest BCUT2D eigenvalue weighted by Gasteiger charge is 1.98. The van der Waals surface area contributed by atoms with Crippen LogP contribution in [0.15, 0.2) is 55.0 Å². The average molecular weight is 203 g/mol. The van der Waals surface area contributed by atoms with Crippen molar-refractivity contribution >= 4 is 0 Å². The van der Waals surface area contributed by atoms with Crippen LogP contribution in [0.4, 0.5) is 0 Å². The van der Waals surface area contributed by atoms with Crippen molar-refractivity contribution in [2.75, 3.05) is 20.6 Å². The van der Waals surface area contributed by atoms with E-state index in [0.717, 1.165) is 6.54 Å². The highest BCUT2D eigenvalue weighted by Crippen LogP contribution is 1.98. The molecule has 1 aromatic heterocycles. The Morgan fingerprint density at radius 2 is 1.80 bits per heavy atom. The van der Waals surface area contributed by atoms with Gasteiger partial charge in [-0.05, 0) is 18.2 Å². The van der Waals surface area contributed by atoms with Crippen LogP contribution < -0.4 is 0 Å². The molecule has 3 heteroatoms. The van der Waals surface area contributed by atoms with Gasteiger partial charge in [0.15, 0.2) is 0 Å². The van der Waals surface area contributed by atoms with Gasteiger partial charge < -0.3 is 5.01 Å². The van der Waals surface area contributed by atoms with Gasteiger partial charge >= 0.3 is 0 Å². The van der Waals surface area contributed by atoms with Crippen LogP contribution in [0, 0.1) is 0 Å². The maximum absolute atomic E-state index is 3.78. The van der Waals surface area contributed by atoms with Crippen molar-refractivity contribution in [2.45, 2.75) is 0 Å². The van der Waals surface area contributed by atoms with E-state index in [1.165, 1.54) is 0 Å². The zero-order valence-electron chi connectivity index (χ0n) is 9.24. The molecule has 2 rings (SSSR count). The molecular weight excluding hydrogens is 186 g/mol. The predicted molar refractivity (Wildman–Crippen MR) is 62.9 cm³/mol. The molecule has 80 valence electrons. The molecule has 0 saturated heterocycles. The molecule has 1 aliphatic rings. The van der Waals surface area contributed by atoms with E-state index in [0.29, 0.717) is 0 Å². The Kier molecular flexibility index (Phi) is 5.19. The Bertz CT molecular complexity index is 277. The second kappa shape index (κ2) is 6.79. The molecule has 0 amide bonds. The number of hydrogen-bond acceptors (Lipinski definition) is 3. The number of nitrogens with zero attached hydrogens (tertiary/aromatic N) is 3. The SMILES string of the molecule is CN(C)N1C=CC=CC1.c1ccncc1. The van der Waals surface area contributed by atoms with E-state index in [1.54, 1.807) is 12.4 Å². The molecule has 3 nitrogen and oxygen atoms in total. The lowest BCUT2D eigenvalue weighted by Gasteiger charge is -2.27. The number of hydrogen-bond donors (Lipinski definition) is 0. The summed E-state index contributed by atoms with van der Waals surface area (Å²) in [4.78, 5) is 3.78. The first kappa shape index (κ1) is 11.5. The van der Waals surface area contributed by atoms with Gasteiger partial charge in [-0.1, -0.05) is 18.2 Å². The third-order valence-electron chi connectivity index (χ3n) is 1.88. The number of allylic oxidation sites excluding steroid dienone is 2. The van der Waals surface area contributed by atoms with Crippen molar-refractivity contribution in [3.63, 3.8) is 0 Å². The normalized spacial score (nSPS) is 13.7. The summed E-state index contributed by atoms with van der Waals surface area (Å²) >= 11 is 0. The fourth-order valence-corrected chi connectivity index (χ4v) is 1.07. The van der Waals surface area contributed by atoms with Crippen LogP contribution in [0.25, 0.3) is 0 Å². The van der Waals surface area contributed by atoms with Gasteiger partial charge in [0.2, 0.25) is 0 Å². The van der Waals surface area contributed by atoms with E-state index in [9.17, 15) is 0 Å². The van der Waals surface area contributed by atoms with Crippen LogP contribution in [-0.4, -0.2) is 35.6 Å². The first-order chi connectivity index (χ1) is 7.30. The first-order valence-corrected chi connectivity index (χ1v) is 4.93. The summed E-state index contributed by atoms with van der Waals surface area (Å²) in [5.74, 6) is 0. The van der Waals surface area contributed by atoms with E-state index in [4.69, 9.17) is 0 Å². The summed E-state index contributed by atoms with van der Waals surface area (Å²) in [6.45, 7) is 0.990. The van der Waals surface area contributed by atoms with Crippen molar-refractivity contribution < 1.29 is 0 Å². The molecule has 15 heavy (non-hydrogen) atoms. The number of aromatic nitrogens is 1. The van der Waals surface area contributed by atoms with E-state index >= 15 is 0 Å². The van der Waals surface area contributed by atoms with Gasteiger partial charge in [0.1, 0.15) is 0 Å². The maximum atomic E-state index is 3.78. The topological polar surface area (TPSA) is 19.4 Å². The molecule has 0 N–H and O–H groups in total. The lowest BCUT2D eigenvalue weighted by molar-refractivity contribution is 0.0958. The first-order valence-electron chi connectivity index (χ1n) is 4.93. The molecule has 0 aromatic carbocycles. The summed E-state index contributed by atoms with van der Waals surface area (Å²) in [6, 6.07) is 5.72. The van der Waals surface area contributed by atoms with Crippen molar-refractivity contribution in [1.82, 2.24) is 15.0 Å². The van der Waals surface area contributed by atoms with Gasteiger partial charge in [-0.25, -0.2) is 5.01 Å². The van der Waals surface area contributed by atoms with Gasteiger partial charge in [0.25, 0.3) is 0 Å². The molecule has 0 saturated carbocycles. The second-order valence-corrected chi connectivity index (χ2v) is 3.26. The van der Waals surface area contributed by atoms with Gasteiger partial charge in [0.05, 0.1) is 6.54 Å². The maximum Gasteiger partial charge on any atom is 0.0523 e. The van der Waals surface area contributed by atoms with Crippen LogP contribution in [0.3, 0.4) is 0 Å².